The van der Waals surface area contributed by atoms with Gasteiger partial charge >= 0.3 is 0 Å². The third-order valence-electron chi connectivity index (χ3n) is 2.48. The Balaban J connectivity index is 0.00000256. The average Bonchev–Trinajstić information content (AvgIpc) is 2.26. The summed E-state index contributed by atoms with van der Waals surface area (Å²) in [5, 5.41) is 2.89. The van der Waals surface area contributed by atoms with Gasteiger partial charge in [-0.15, -0.1) is 12.4 Å². The zero-order chi connectivity index (χ0) is 12.0. The van der Waals surface area contributed by atoms with E-state index in [-0.39, 0.29) is 24.4 Å². The van der Waals surface area contributed by atoms with Crippen molar-refractivity contribution in [1.29, 1.82) is 0 Å². The Bertz CT molecular complexity index is 353. The van der Waals surface area contributed by atoms with E-state index in [4.69, 9.17) is 5.73 Å². The zero-order valence-corrected chi connectivity index (χ0v) is 11.2. The van der Waals surface area contributed by atoms with Crippen molar-refractivity contribution in [2.24, 2.45) is 5.73 Å². The van der Waals surface area contributed by atoms with Crippen LogP contribution in [0.3, 0.4) is 0 Å². The Morgan fingerprint density at radius 1 is 1.35 bits per heavy atom. The van der Waals surface area contributed by atoms with E-state index in [2.05, 4.69) is 18.3 Å². The minimum Gasteiger partial charge on any atom is -0.352 e. The fourth-order valence-corrected chi connectivity index (χ4v) is 1.63. The van der Waals surface area contributed by atoms with Crippen molar-refractivity contribution in [3.63, 3.8) is 0 Å². The lowest BCUT2D eigenvalue weighted by atomic mass is 10.1. The van der Waals surface area contributed by atoms with Gasteiger partial charge in [-0.1, -0.05) is 31.2 Å². The number of nitrogens with two attached hydrogens (primary N) is 1. The Hall–Kier alpha value is -1.06. The van der Waals surface area contributed by atoms with Gasteiger partial charge in [0.25, 0.3) is 0 Å². The molecule has 1 unspecified atom stereocenters. The van der Waals surface area contributed by atoms with Crippen LogP contribution in [0.2, 0.25) is 0 Å². The van der Waals surface area contributed by atoms with E-state index in [0.29, 0.717) is 13.0 Å². The van der Waals surface area contributed by atoms with Crippen LogP contribution in [0.4, 0.5) is 0 Å². The van der Waals surface area contributed by atoms with Crippen LogP contribution >= 0.6 is 12.4 Å². The van der Waals surface area contributed by atoms with Crippen molar-refractivity contribution in [1.82, 2.24) is 5.32 Å². The number of carbonyl (C=O) groups is 1. The molecule has 3 nitrogen and oxygen atoms in total. The average molecular weight is 257 g/mol. The summed E-state index contributed by atoms with van der Waals surface area (Å²) in [6, 6.07) is 8.07. The molecule has 0 saturated carbocycles. The number of amides is 1. The maximum Gasteiger partial charge on any atom is 0.221 e. The first-order valence-electron chi connectivity index (χ1n) is 5.72. The highest BCUT2D eigenvalue weighted by atomic mass is 35.5. The molecule has 0 radical (unpaired) electrons. The lowest BCUT2D eigenvalue weighted by molar-refractivity contribution is -0.121. The molecule has 0 fully saturated rings. The van der Waals surface area contributed by atoms with Crippen LogP contribution in [0, 0.1) is 0 Å². The summed E-state index contributed by atoms with van der Waals surface area (Å²) in [5.41, 5.74) is 8.02. The predicted octanol–water partition coefficient (Wildman–Crippen LogP) is 2.02. The first kappa shape index (κ1) is 15.9. The van der Waals surface area contributed by atoms with Gasteiger partial charge in [0.1, 0.15) is 0 Å². The Morgan fingerprint density at radius 2 is 1.94 bits per heavy atom. The molecule has 1 rings (SSSR count). The number of hydrogen-bond donors (Lipinski definition) is 2. The van der Waals surface area contributed by atoms with Crippen LogP contribution in [0.25, 0.3) is 0 Å². The fourth-order valence-electron chi connectivity index (χ4n) is 1.63. The molecule has 0 saturated heterocycles. The Kier molecular flexibility index (Phi) is 7.59. The van der Waals surface area contributed by atoms with Gasteiger partial charge in [-0.2, -0.15) is 0 Å². The van der Waals surface area contributed by atoms with Crippen molar-refractivity contribution in [3.8, 4) is 0 Å². The van der Waals surface area contributed by atoms with E-state index < -0.39 is 0 Å². The highest BCUT2D eigenvalue weighted by Crippen LogP contribution is 2.08. The summed E-state index contributed by atoms with van der Waals surface area (Å²) in [5.74, 6) is 0.0147. The van der Waals surface area contributed by atoms with E-state index >= 15 is 0 Å². The molecule has 0 bridgehead atoms. The number of nitrogens with one attached hydrogen (secondary N) is 1. The van der Waals surface area contributed by atoms with Gasteiger partial charge in [0.05, 0.1) is 0 Å². The molecule has 4 heteroatoms. The third-order valence-corrected chi connectivity index (χ3v) is 2.48. The van der Waals surface area contributed by atoms with Gasteiger partial charge in [0, 0.05) is 19.0 Å². The van der Waals surface area contributed by atoms with E-state index in [0.717, 1.165) is 6.42 Å². The van der Waals surface area contributed by atoms with Gasteiger partial charge in [-0.3, -0.25) is 4.79 Å². The smallest absolute Gasteiger partial charge is 0.221 e. The summed E-state index contributed by atoms with van der Waals surface area (Å²) in [6.45, 7) is 4.54. The SMILES string of the molecule is CCc1ccccc1CNC(=O)CC(C)N.Cl. The molecule has 17 heavy (non-hydrogen) atoms. The maximum atomic E-state index is 11.4. The minimum atomic E-state index is -0.0820. The zero-order valence-electron chi connectivity index (χ0n) is 10.4. The van der Waals surface area contributed by atoms with E-state index in [1.165, 1.54) is 11.1 Å². The molecule has 1 amide bonds. The fraction of sp³-hybridized carbons (Fsp3) is 0.462. The van der Waals surface area contributed by atoms with Crippen molar-refractivity contribution in [2.75, 3.05) is 0 Å². The van der Waals surface area contributed by atoms with Crippen LogP contribution in [0.5, 0.6) is 0 Å². The van der Waals surface area contributed by atoms with Crippen LogP contribution in [0.1, 0.15) is 31.4 Å². The molecule has 96 valence electrons. The van der Waals surface area contributed by atoms with Crippen molar-refractivity contribution < 1.29 is 4.79 Å². The third kappa shape index (κ3) is 5.71. The van der Waals surface area contributed by atoms with Crippen molar-refractivity contribution in [2.45, 2.75) is 39.3 Å². The lowest BCUT2D eigenvalue weighted by Gasteiger charge is -2.10. The van der Waals surface area contributed by atoms with Crippen LogP contribution in [0.15, 0.2) is 24.3 Å². The number of hydrogen-bond acceptors (Lipinski definition) is 2. The van der Waals surface area contributed by atoms with Crippen LogP contribution in [-0.4, -0.2) is 11.9 Å². The molecule has 1 aromatic carbocycles. The second-order valence-electron chi connectivity index (χ2n) is 4.08. The highest BCUT2D eigenvalue weighted by Gasteiger charge is 2.05. The van der Waals surface area contributed by atoms with Gasteiger partial charge in [0.15, 0.2) is 0 Å². The minimum absolute atomic E-state index is 0. The monoisotopic (exact) mass is 256 g/mol. The first-order valence-corrected chi connectivity index (χ1v) is 5.72. The van der Waals surface area contributed by atoms with Crippen molar-refractivity contribution >= 4 is 18.3 Å². The number of benzene rings is 1. The van der Waals surface area contributed by atoms with Crippen molar-refractivity contribution in [3.05, 3.63) is 35.4 Å². The molecule has 1 aromatic rings. The number of halogens is 1. The molecular weight excluding hydrogens is 236 g/mol. The molecule has 0 spiro atoms. The maximum absolute atomic E-state index is 11.4. The molecule has 0 aromatic heterocycles. The first-order chi connectivity index (χ1) is 7.63. The molecular formula is C13H21ClN2O. The second kappa shape index (κ2) is 8.09. The number of aryl methyl sites for hydroxylation is 1. The quantitative estimate of drug-likeness (QED) is 0.847. The van der Waals surface area contributed by atoms with E-state index in [1.807, 2.05) is 25.1 Å². The largest absolute Gasteiger partial charge is 0.352 e. The number of rotatable bonds is 5. The van der Waals surface area contributed by atoms with Crippen LogP contribution in [-0.2, 0) is 17.8 Å². The Labute approximate surface area is 109 Å². The standard InChI is InChI=1S/C13H20N2O.ClH/c1-3-11-6-4-5-7-12(11)9-15-13(16)8-10(2)14;/h4-7,10H,3,8-9,14H2,1-2H3,(H,15,16);1H. The molecule has 0 aliphatic heterocycles. The second-order valence-corrected chi connectivity index (χ2v) is 4.08. The lowest BCUT2D eigenvalue weighted by Crippen LogP contribution is -2.29. The molecule has 3 N–H and O–H groups in total. The van der Waals surface area contributed by atoms with Crippen LogP contribution < -0.4 is 11.1 Å². The number of carbonyl (C=O) groups excluding carboxylic acids is 1. The highest BCUT2D eigenvalue weighted by molar-refractivity contribution is 5.85. The van der Waals surface area contributed by atoms with E-state index in [9.17, 15) is 4.79 Å². The summed E-state index contributed by atoms with van der Waals surface area (Å²) in [7, 11) is 0. The molecule has 1 atom stereocenters. The topological polar surface area (TPSA) is 55.1 Å². The summed E-state index contributed by atoms with van der Waals surface area (Å²) < 4.78 is 0. The summed E-state index contributed by atoms with van der Waals surface area (Å²) in [4.78, 5) is 11.4. The Morgan fingerprint density at radius 3 is 2.47 bits per heavy atom. The normalized spacial score (nSPS) is 11.5. The van der Waals surface area contributed by atoms with Gasteiger partial charge < -0.3 is 11.1 Å². The van der Waals surface area contributed by atoms with E-state index in [1.54, 1.807) is 0 Å². The van der Waals surface area contributed by atoms with Gasteiger partial charge in [-0.05, 0) is 24.5 Å². The predicted molar refractivity (Wildman–Crippen MR) is 73.2 cm³/mol. The van der Waals surface area contributed by atoms with Gasteiger partial charge in [0.2, 0.25) is 5.91 Å². The summed E-state index contributed by atoms with van der Waals surface area (Å²) in [6.07, 6.45) is 1.37. The molecule has 0 aliphatic rings. The molecule has 0 aliphatic carbocycles. The van der Waals surface area contributed by atoms with Gasteiger partial charge in [-0.25, -0.2) is 0 Å². The summed E-state index contributed by atoms with van der Waals surface area (Å²) >= 11 is 0. The molecule has 0 heterocycles.